The first kappa shape index (κ1) is 25.9. The van der Waals surface area contributed by atoms with Gasteiger partial charge < -0.3 is 30.2 Å². The van der Waals surface area contributed by atoms with Crippen LogP contribution in [0.2, 0.25) is 0 Å². The Morgan fingerprint density at radius 1 is 1.10 bits per heavy atom. The molecule has 0 spiro atoms. The van der Waals surface area contributed by atoms with E-state index < -0.39 is 23.8 Å². The lowest BCUT2D eigenvalue weighted by Crippen LogP contribution is -2.45. The third kappa shape index (κ3) is 5.89. The van der Waals surface area contributed by atoms with Crippen LogP contribution in [0.15, 0.2) is 61.1 Å². The van der Waals surface area contributed by atoms with Crippen molar-refractivity contribution in [3.63, 3.8) is 0 Å². The highest BCUT2D eigenvalue weighted by atomic mass is 19.1. The van der Waals surface area contributed by atoms with E-state index in [1.165, 1.54) is 19.1 Å². The number of aromatic amines is 1. The van der Waals surface area contributed by atoms with Crippen LogP contribution in [0.1, 0.15) is 24.6 Å². The second kappa shape index (κ2) is 10.9. The number of aromatic nitrogens is 5. The Morgan fingerprint density at radius 3 is 2.51 bits per heavy atom. The average molecular weight is 534 g/mol. The monoisotopic (exact) mass is 533 g/mol. The van der Waals surface area contributed by atoms with Gasteiger partial charge in [-0.15, -0.1) is 0 Å². The Labute approximate surface area is 221 Å². The molecule has 13 heteroatoms. The Kier molecular flexibility index (Phi) is 7.25. The van der Waals surface area contributed by atoms with Crippen molar-refractivity contribution < 1.29 is 28.2 Å². The van der Waals surface area contributed by atoms with Crippen molar-refractivity contribution >= 4 is 18.0 Å². The molecule has 1 saturated heterocycles. The Hall–Kier alpha value is -4.75. The fourth-order valence-electron chi connectivity index (χ4n) is 3.87. The Bertz CT molecular complexity index is 1470. The number of halogens is 1. The summed E-state index contributed by atoms with van der Waals surface area (Å²) >= 11 is 0. The number of nitrogens with two attached hydrogens (primary N) is 1. The van der Waals surface area contributed by atoms with Crippen LogP contribution in [0.4, 0.5) is 15.1 Å². The van der Waals surface area contributed by atoms with Crippen molar-refractivity contribution in [3.8, 4) is 22.6 Å². The van der Waals surface area contributed by atoms with E-state index in [9.17, 15) is 14.0 Å². The van der Waals surface area contributed by atoms with Gasteiger partial charge in [-0.05, 0) is 55.0 Å². The molecular weight excluding hydrogens is 509 g/mol. The van der Waals surface area contributed by atoms with Crippen LogP contribution in [0.25, 0.3) is 22.6 Å². The maximum Gasteiger partial charge on any atom is 0.412 e. The van der Waals surface area contributed by atoms with Gasteiger partial charge in [0.05, 0.1) is 30.3 Å². The number of nitrogens with one attached hydrogen (secondary N) is 2. The first-order valence-corrected chi connectivity index (χ1v) is 11.9. The van der Waals surface area contributed by atoms with Gasteiger partial charge in [0.25, 0.3) is 0 Å². The quantitative estimate of drug-likeness (QED) is 0.237. The molecule has 200 valence electrons. The number of esters is 1. The highest BCUT2D eigenvalue weighted by molar-refractivity contribution is 5.87. The number of pyridine rings is 1. The normalized spacial score (nSPS) is 18.9. The van der Waals surface area contributed by atoms with Crippen molar-refractivity contribution in [1.82, 2.24) is 24.9 Å². The fraction of sp³-hybridized carbons (Fsp3) is 0.231. The van der Waals surface area contributed by atoms with Gasteiger partial charge >= 0.3 is 12.1 Å². The number of imidazole rings is 1. The van der Waals surface area contributed by atoms with E-state index in [0.717, 1.165) is 5.56 Å². The second-order valence-corrected chi connectivity index (χ2v) is 9.05. The number of nitrogens with zero attached hydrogens (tertiary/aromatic N) is 4. The third-order valence-corrected chi connectivity index (χ3v) is 5.97. The van der Waals surface area contributed by atoms with E-state index in [0.29, 0.717) is 41.0 Å². The zero-order valence-electron chi connectivity index (χ0n) is 20.8. The second-order valence-electron chi connectivity index (χ2n) is 9.05. The molecule has 1 aliphatic rings. The molecule has 0 atom stereocenters. The number of rotatable bonds is 7. The number of benzene rings is 1. The van der Waals surface area contributed by atoms with Gasteiger partial charge in [-0.2, -0.15) is 0 Å². The van der Waals surface area contributed by atoms with Crippen LogP contribution in [0.3, 0.4) is 0 Å². The summed E-state index contributed by atoms with van der Waals surface area (Å²) < 4.78 is 29.7. The topological polar surface area (TPSA) is 167 Å². The first-order valence-electron chi connectivity index (χ1n) is 11.9. The smallest absolute Gasteiger partial charge is 0.376 e. The summed E-state index contributed by atoms with van der Waals surface area (Å²) in [6.07, 6.45) is 2.85. The maximum absolute atomic E-state index is 13.6. The summed E-state index contributed by atoms with van der Waals surface area (Å²) in [6, 6.07) is 11.3. The third-order valence-electron chi connectivity index (χ3n) is 5.97. The zero-order chi connectivity index (χ0) is 27.4. The number of primary amides is 1. The summed E-state index contributed by atoms with van der Waals surface area (Å²) in [6.45, 7) is 1.81. The molecule has 0 saturated carbocycles. The molecule has 0 bridgehead atoms. The van der Waals surface area contributed by atoms with Crippen LogP contribution in [0.5, 0.6) is 0 Å². The maximum atomic E-state index is 13.6. The van der Waals surface area contributed by atoms with E-state index in [4.69, 9.17) is 15.2 Å². The summed E-state index contributed by atoms with van der Waals surface area (Å²) in [5.74, 6) is -0.547. The lowest BCUT2D eigenvalue weighted by atomic mass is 9.92. The van der Waals surface area contributed by atoms with E-state index in [1.807, 2.05) is 12.1 Å². The van der Waals surface area contributed by atoms with Gasteiger partial charge in [0, 0.05) is 30.7 Å². The summed E-state index contributed by atoms with van der Waals surface area (Å²) in [7, 11) is 0. The largest absolute Gasteiger partial charge is 0.412 e. The number of anilines is 1. The number of hydrogen-bond acceptors (Lipinski definition) is 10. The number of ether oxygens (including phenoxy) is 3. The average Bonchev–Trinajstić information content (AvgIpc) is 3.39. The summed E-state index contributed by atoms with van der Waals surface area (Å²) in [5, 5.41) is 3.18. The molecule has 4 aromatic rings. The first-order chi connectivity index (χ1) is 18.8. The molecule has 1 aromatic carbocycles. The summed E-state index contributed by atoms with van der Waals surface area (Å²) in [5.41, 5.74) is 6.89. The van der Waals surface area contributed by atoms with Crippen molar-refractivity contribution in [2.24, 2.45) is 11.1 Å². The number of amides is 1. The van der Waals surface area contributed by atoms with Crippen molar-refractivity contribution in [2.75, 3.05) is 18.5 Å². The zero-order valence-corrected chi connectivity index (χ0v) is 20.8. The minimum absolute atomic E-state index is 0.109. The van der Waals surface area contributed by atoms with E-state index >= 15 is 0 Å². The standard InChI is InChI=1S/C26H24FN7O5/c1-26(23(35)39-24(28)36)13-37-22(38-14-26)21-33-19(16-2-4-17(27)5-3-16)20(34-21)18-8-11-30-25(32-18)31-12-15-6-9-29-10-7-15/h2-11,22H,12-14H2,1H3,(H2,28,36)(H,33,34)(H,30,31,32). The minimum Gasteiger partial charge on any atom is -0.376 e. The fourth-order valence-corrected chi connectivity index (χ4v) is 3.87. The molecule has 0 aliphatic carbocycles. The molecule has 3 aromatic heterocycles. The van der Waals surface area contributed by atoms with E-state index in [2.05, 4.69) is 35.0 Å². The molecular formula is C26H24FN7O5. The molecule has 0 radical (unpaired) electrons. The highest BCUT2D eigenvalue weighted by Gasteiger charge is 2.43. The Balaban J connectivity index is 1.42. The lowest BCUT2D eigenvalue weighted by Gasteiger charge is -2.34. The number of H-pyrrole nitrogens is 1. The van der Waals surface area contributed by atoms with Crippen molar-refractivity contribution in [2.45, 2.75) is 19.8 Å². The number of carbonyl (C=O) groups excluding carboxylic acids is 2. The molecule has 1 aliphatic heterocycles. The predicted molar refractivity (Wildman–Crippen MR) is 135 cm³/mol. The summed E-state index contributed by atoms with van der Waals surface area (Å²) in [4.78, 5) is 44.0. The van der Waals surface area contributed by atoms with Crippen molar-refractivity contribution in [1.29, 1.82) is 0 Å². The minimum atomic E-state index is -1.23. The molecule has 4 N–H and O–H groups in total. The highest BCUT2D eigenvalue weighted by Crippen LogP contribution is 2.36. The number of carbonyl (C=O) groups is 2. The van der Waals surface area contributed by atoms with Crippen LogP contribution in [-0.2, 0) is 25.5 Å². The Morgan fingerprint density at radius 2 is 1.82 bits per heavy atom. The van der Waals surface area contributed by atoms with Crippen LogP contribution >= 0.6 is 0 Å². The molecule has 1 fully saturated rings. The van der Waals surface area contributed by atoms with Crippen LogP contribution in [0, 0.1) is 11.2 Å². The van der Waals surface area contributed by atoms with E-state index in [-0.39, 0.29) is 19.0 Å². The molecule has 5 rings (SSSR count). The van der Waals surface area contributed by atoms with Gasteiger partial charge in [0.1, 0.15) is 11.2 Å². The molecule has 1 amide bonds. The van der Waals surface area contributed by atoms with Crippen molar-refractivity contribution in [3.05, 3.63) is 78.3 Å². The molecule has 0 unspecified atom stereocenters. The molecule has 12 nitrogen and oxygen atoms in total. The predicted octanol–water partition coefficient (Wildman–Crippen LogP) is 3.35. The SMILES string of the molecule is CC1(C(=O)OC(N)=O)COC(c2nc(-c3ccc(F)cc3)c(-c3ccnc(NCc4ccncc4)n3)[nH]2)OC1. The van der Waals surface area contributed by atoms with Crippen LogP contribution < -0.4 is 11.1 Å². The van der Waals surface area contributed by atoms with Gasteiger partial charge in [0.15, 0.2) is 5.82 Å². The number of hydrogen-bond donors (Lipinski definition) is 3. The lowest BCUT2D eigenvalue weighted by molar-refractivity contribution is -0.236. The van der Waals surface area contributed by atoms with E-state index in [1.54, 1.807) is 36.8 Å². The van der Waals surface area contributed by atoms with Gasteiger partial charge in [0.2, 0.25) is 12.2 Å². The van der Waals surface area contributed by atoms with Crippen LogP contribution in [-0.4, -0.2) is 50.2 Å². The van der Waals surface area contributed by atoms with Gasteiger partial charge in [-0.3, -0.25) is 9.78 Å². The molecule has 4 heterocycles. The van der Waals surface area contributed by atoms with Gasteiger partial charge in [-0.1, -0.05) is 0 Å². The molecule has 39 heavy (non-hydrogen) atoms. The van der Waals surface area contributed by atoms with Gasteiger partial charge in [-0.25, -0.2) is 24.1 Å².